The van der Waals surface area contributed by atoms with Gasteiger partial charge in [0.2, 0.25) is 0 Å². The summed E-state index contributed by atoms with van der Waals surface area (Å²) in [4.78, 5) is 17.5. The highest BCUT2D eigenvalue weighted by Crippen LogP contribution is 2.41. The first kappa shape index (κ1) is 19.6. The predicted octanol–water partition coefficient (Wildman–Crippen LogP) is 5.37. The largest absolute Gasteiger partial charge is 0.489 e. The van der Waals surface area contributed by atoms with Crippen molar-refractivity contribution in [3.8, 4) is 11.4 Å². The van der Waals surface area contributed by atoms with Gasteiger partial charge in [0.1, 0.15) is 18.0 Å². The summed E-state index contributed by atoms with van der Waals surface area (Å²) < 4.78 is 9.58. The fraction of sp³-hybridized carbons (Fsp3) is 0.308. The van der Waals surface area contributed by atoms with Crippen molar-refractivity contribution in [2.75, 3.05) is 0 Å². The lowest BCUT2D eigenvalue weighted by Crippen LogP contribution is -2.17. The van der Waals surface area contributed by atoms with Crippen LogP contribution in [0.4, 0.5) is 0 Å². The average molecular weight is 414 g/mol. The van der Waals surface area contributed by atoms with Crippen LogP contribution in [0, 0.1) is 6.92 Å². The van der Waals surface area contributed by atoms with E-state index in [1.807, 2.05) is 24.4 Å². The summed E-state index contributed by atoms with van der Waals surface area (Å²) in [5.74, 6) is 1.68. The Labute approximate surface area is 182 Å². The fourth-order valence-corrected chi connectivity index (χ4v) is 3.98. The van der Waals surface area contributed by atoms with Gasteiger partial charge >= 0.3 is 0 Å². The topological polar surface area (TPSA) is 48.5 Å². The number of nitrogens with zero attached hydrogens (tertiary/aromatic N) is 3. The Balaban J connectivity index is 1.35. The summed E-state index contributed by atoms with van der Waals surface area (Å²) in [7, 11) is 0. The molecule has 3 heterocycles. The van der Waals surface area contributed by atoms with Crippen molar-refractivity contribution in [3.63, 3.8) is 0 Å². The van der Waals surface area contributed by atoms with Gasteiger partial charge in [-0.3, -0.25) is 9.36 Å². The zero-order valence-electron chi connectivity index (χ0n) is 18.2. The molecule has 1 fully saturated rings. The molecule has 1 aliphatic carbocycles. The van der Waals surface area contributed by atoms with Crippen LogP contribution in [-0.4, -0.2) is 14.0 Å². The molecule has 0 saturated heterocycles. The molecule has 5 nitrogen and oxygen atoms in total. The van der Waals surface area contributed by atoms with E-state index in [0.717, 1.165) is 22.6 Å². The number of ether oxygens (including phenoxy) is 1. The van der Waals surface area contributed by atoms with Gasteiger partial charge in [-0.05, 0) is 55.0 Å². The van der Waals surface area contributed by atoms with E-state index in [1.165, 1.54) is 24.1 Å². The normalized spacial score (nSPS) is 13.8. The number of benzene rings is 1. The summed E-state index contributed by atoms with van der Waals surface area (Å²) in [5.41, 5.74) is 6.37. The number of aryl methyl sites for hydroxylation is 1. The molecule has 0 amide bonds. The van der Waals surface area contributed by atoms with E-state index in [2.05, 4.69) is 49.4 Å². The Morgan fingerprint density at radius 2 is 1.87 bits per heavy atom. The van der Waals surface area contributed by atoms with E-state index in [4.69, 9.17) is 9.72 Å². The maximum absolute atomic E-state index is 12.8. The van der Waals surface area contributed by atoms with Crippen LogP contribution in [0.2, 0.25) is 0 Å². The van der Waals surface area contributed by atoms with Crippen LogP contribution < -0.4 is 10.3 Å². The maximum Gasteiger partial charge on any atom is 0.258 e. The Kier molecular flexibility index (Phi) is 4.89. The number of rotatable bonds is 6. The monoisotopic (exact) mass is 413 g/mol. The van der Waals surface area contributed by atoms with Crippen molar-refractivity contribution < 1.29 is 4.74 Å². The van der Waals surface area contributed by atoms with Gasteiger partial charge in [0, 0.05) is 30.1 Å². The summed E-state index contributed by atoms with van der Waals surface area (Å²) in [6.07, 6.45) is 6.21. The Bertz CT molecular complexity index is 1290. The molecular weight excluding hydrogens is 386 g/mol. The first-order chi connectivity index (χ1) is 15.0. The number of fused-ring (bicyclic) bond motifs is 1. The summed E-state index contributed by atoms with van der Waals surface area (Å²) in [6.45, 7) is 6.90. The quantitative estimate of drug-likeness (QED) is 0.427. The lowest BCUT2D eigenvalue weighted by Gasteiger charge is -2.11. The second kappa shape index (κ2) is 7.73. The summed E-state index contributed by atoms with van der Waals surface area (Å²) in [5, 5.41) is 0. The van der Waals surface area contributed by atoms with E-state index in [-0.39, 0.29) is 5.56 Å². The number of aromatic nitrogens is 3. The number of imidazole rings is 1. The smallest absolute Gasteiger partial charge is 0.258 e. The molecule has 0 spiro atoms. The molecule has 0 unspecified atom stereocenters. The standard InChI is InChI=1S/C26H27N3O2/c1-17(2)20-6-4-19(5-7-20)16-31-23-12-13-28(25(30)14-23)22-10-11-24-27-26(21-8-9-21)18(3)29(24)15-22/h4-7,10-15,17,21H,8-9,16H2,1-3H3. The van der Waals surface area contributed by atoms with Gasteiger partial charge < -0.3 is 9.14 Å². The molecule has 0 aliphatic heterocycles. The van der Waals surface area contributed by atoms with Crippen molar-refractivity contribution in [2.45, 2.75) is 52.1 Å². The molecule has 5 heteroatoms. The number of hydrogen-bond acceptors (Lipinski definition) is 3. The fourth-order valence-electron chi connectivity index (χ4n) is 3.98. The molecule has 3 aromatic heterocycles. The molecular formula is C26H27N3O2. The van der Waals surface area contributed by atoms with Crippen molar-refractivity contribution >= 4 is 5.65 Å². The van der Waals surface area contributed by atoms with E-state index in [0.29, 0.717) is 24.2 Å². The van der Waals surface area contributed by atoms with Crippen LogP contribution in [0.1, 0.15) is 61.0 Å². The molecule has 1 aliphatic rings. The van der Waals surface area contributed by atoms with Gasteiger partial charge in [0.15, 0.2) is 0 Å². The SMILES string of the molecule is Cc1c(C2CC2)nc2ccc(-n3ccc(OCc4ccc(C(C)C)cc4)cc3=O)cn12. The molecule has 1 aromatic carbocycles. The third-order valence-corrected chi connectivity index (χ3v) is 6.06. The zero-order chi connectivity index (χ0) is 21.5. The van der Waals surface area contributed by atoms with E-state index in [9.17, 15) is 4.79 Å². The highest BCUT2D eigenvalue weighted by atomic mass is 16.5. The van der Waals surface area contributed by atoms with Crippen LogP contribution in [0.5, 0.6) is 5.75 Å². The first-order valence-corrected chi connectivity index (χ1v) is 10.9. The van der Waals surface area contributed by atoms with Crippen LogP contribution >= 0.6 is 0 Å². The molecule has 1 saturated carbocycles. The van der Waals surface area contributed by atoms with Gasteiger partial charge in [-0.1, -0.05) is 38.1 Å². The van der Waals surface area contributed by atoms with Gasteiger partial charge in [-0.25, -0.2) is 4.98 Å². The minimum absolute atomic E-state index is 0.118. The molecule has 5 rings (SSSR count). The van der Waals surface area contributed by atoms with Crippen LogP contribution in [0.15, 0.2) is 65.7 Å². The average Bonchev–Trinajstić information content (AvgIpc) is 3.56. The van der Waals surface area contributed by atoms with Gasteiger partial charge in [0.25, 0.3) is 5.56 Å². The Hall–Kier alpha value is -3.34. The predicted molar refractivity (Wildman–Crippen MR) is 122 cm³/mol. The van der Waals surface area contributed by atoms with E-state index in [1.54, 1.807) is 16.8 Å². The third-order valence-electron chi connectivity index (χ3n) is 6.06. The lowest BCUT2D eigenvalue weighted by atomic mass is 10.0. The van der Waals surface area contributed by atoms with Crippen LogP contribution in [-0.2, 0) is 6.61 Å². The number of hydrogen-bond donors (Lipinski definition) is 0. The minimum Gasteiger partial charge on any atom is -0.489 e. The van der Waals surface area contributed by atoms with E-state index < -0.39 is 0 Å². The van der Waals surface area contributed by atoms with Gasteiger partial charge in [-0.15, -0.1) is 0 Å². The van der Waals surface area contributed by atoms with Crippen LogP contribution in [0.25, 0.3) is 11.3 Å². The van der Waals surface area contributed by atoms with Crippen molar-refractivity contribution in [2.24, 2.45) is 0 Å². The summed E-state index contributed by atoms with van der Waals surface area (Å²) in [6, 6.07) is 15.7. The van der Waals surface area contributed by atoms with E-state index >= 15 is 0 Å². The van der Waals surface area contributed by atoms with Gasteiger partial charge in [0.05, 0.1) is 11.4 Å². The molecule has 158 valence electrons. The van der Waals surface area contributed by atoms with Crippen molar-refractivity contribution in [3.05, 3.63) is 93.8 Å². The van der Waals surface area contributed by atoms with Crippen molar-refractivity contribution in [1.82, 2.24) is 14.0 Å². The molecule has 4 aromatic rings. The van der Waals surface area contributed by atoms with Crippen molar-refractivity contribution in [1.29, 1.82) is 0 Å². The second-order valence-corrected chi connectivity index (χ2v) is 8.73. The lowest BCUT2D eigenvalue weighted by molar-refractivity contribution is 0.305. The Morgan fingerprint density at radius 1 is 1.10 bits per heavy atom. The molecule has 0 N–H and O–H groups in total. The molecule has 0 bridgehead atoms. The third kappa shape index (κ3) is 3.88. The minimum atomic E-state index is -0.118. The molecule has 0 atom stereocenters. The summed E-state index contributed by atoms with van der Waals surface area (Å²) >= 11 is 0. The zero-order valence-corrected chi connectivity index (χ0v) is 18.2. The molecule has 0 radical (unpaired) electrons. The first-order valence-electron chi connectivity index (χ1n) is 10.9. The van der Waals surface area contributed by atoms with Gasteiger partial charge in [-0.2, -0.15) is 0 Å². The van der Waals surface area contributed by atoms with Crippen LogP contribution in [0.3, 0.4) is 0 Å². The highest BCUT2D eigenvalue weighted by Gasteiger charge is 2.28. The maximum atomic E-state index is 12.8. The Morgan fingerprint density at radius 3 is 2.55 bits per heavy atom. The number of pyridine rings is 2. The molecule has 31 heavy (non-hydrogen) atoms. The highest BCUT2D eigenvalue weighted by molar-refractivity contribution is 5.49. The second-order valence-electron chi connectivity index (χ2n) is 8.73.